The topological polar surface area (TPSA) is 59.8 Å². The summed E-state index contributed by atoms with van der Waals surface area (Å²) in [5, 5.41) is 14.5. The smallest absolute Gasteiger partial charge is 0.233 e. The third-order valence-corrected chi connectivity index (χ3v) is 7.55. The Morgan fingerprint density at radius 1 is 1.23 bits per heavy atom. The van der Waals surface area contributed by atoms with Crippen LogP contribution in [-0.4, -0.2) is 25.9 Å². The van der Waals surface area contributed by atoms with Crippen LogP contribution >= 0.6 is 23.1 Å². The Morgan fingerprint density at radius 3 is 2.71 bits per heavy atom. The van der Waals surface area contributed by atoms with Crippen LogP contribution in [0, 0.1) is 5.82 Å². The number of benzene rings is 1. The molecule has 1 atom stereocenters. The summed E-state index contributed by atoms with van der Waals surface area (Å²) in [6.45, 7) is 2.27. The van der Waals surface area contributed by atoms with Gasteiger partial charge in [-0.2, -0.15) is 0 Å². The molecule has 164 valence electrons. The van der Waals surface area contributed by atoms with Crippen LogP contribution in [0.5, 0.6) is 0 Å². The highest BCUT2D eigenvalue weighted by Crippen LogP contribution is 2.34. The quantitative estimate of drug-likeness (QED) is 0.461. The molecule has 1 saturated carbocycles. The molecular weight excluding hydrogens is 431 g/mol. The zero-order valence-corrected chi connectivity index (χ0v) is 19.2. The van der Waals surface area contributed by atoms with Crippen LogP contribution in [0.25, 0.3) is 0 Å². The molecule has 2 heterocycles. The van der Waals surface area contributed by atoms with Crippen molar-refractivity contribution in [1.29, 1.82) is 0 Å². The van der Waals surface area contributed by atoms with Crippen LogP contribution in [-0.2, 0) is 17.8 Å². The van der Waals surface area contributed by atoms with E-state index in [0.717, 1.165) is 35.8 Å². The summed E-state index contributed by atoms with van der Waals surface area (Å²) in [5.74, 6) is 0.641. The number of aromatic nitrogens is 3. The molecule has 1 aliphatic rings. The van der Waals surface area contributed by atoms with E-state index < -0.39 is 0 Å². The minimum absolute atomic E-state index is 0.0627. The fraction of sp³-hybridized carbons (Fsp3) is 0.435. The van der Waals surface area contributed by atoms with E-state index in [-0.39, 0.29) is 17.0 Å². The Labute approximate surface area is 190 Å². The molecule has 0 spiro atoms. The second kappa shape index (κ2) is 10.4. The molecule has 0 saturated heterocycles. The maximum absolute atomic E-state index is 13.1. The molecule has 0 radical (unpaired) electrons. The molecule has 2 aromatic heterocycles. The highest BCUT2D eigenvalue weighted by atomic mass is 32.2. The highest BCUT2D eigenvalue weighted by molar-refractivity contribution is 8.00. The lowest BCUT2D eigenvalue weighted by molar-refractivity contribution is -0.120. The van der Waals surface area contributed by atoms with Gasteiger partial charge in [0, 0.05) is 23.9 Å². The molecule has 1 unspecified atom stereocenters. The molecular formula is C23H27FN4OS2. The molecule has 8 heteroatoms. The van der Waals surface area contributed by atoms with E-state index in [1.165, 1.54) is 48.0 Å². The van der Waals surface area contributed by atoms with Crippen LogP contribution in [0.15, 0.2) is 46.9 Å². The van der Waals surface area contributed by atoms with Gasteiger partial charge in [-0.05, 0) is 48.9 Å². The molecule has 1 amide bonds. The van der Waals surface area contributed by atoms with E-state index >= 15 is 0 Å². The van der Waals surface area contributed by atoms with Crippen LogP contribution in [0.4, 0.5) is 4.39 Å². The van der Waals surface area contributed by atoms with Crippen LogP contribution in [0.3, 0.4) is 0 Å². The maximum Gasteiger partial charge on any atom is 0.233 e. The molecule has 0 aliphatic heterocycles. The van der Waals surface area contributed by atoms with E-state index in [2.05, 4.69) is 37.6 Å². The van der Waals surface area contributed by atoms with Crippen molar-refractivity contribution in [3.8, 4) is 0 Å². The first-order chi connectivity index (χ1) is 15.1. The molecule has 1 aromatic carbocycles. The summed E-state index contributed by atoms with van der Waals surface area (Å²) in [5.41, 5.74) is 0.871. The minimum Gasteiger partial charge on any atom is -0.351 e. The number of nitrogens with zero attached hydrogens (tertiary/aromatic N) is 3. The number of carbonyl (C=O) groups excluding carboxylic acids is 1. The van der Waals surface area contributed by atoms with Gasteiger partial charge in [-0.15, -0.1) is 21.5 Å². The Bertz CT molecular complexity index is 982. The molecule has 31 heavy (non-hydrogen) atoms. The first-order valence-electron chi connectivity index (χ1n) is 10.7. The predicted octanol–water partition coefficient (Wildman–Crippen LogP) is 5.37. The molecule has 3 aromatic rings. The van der Waals surface area contributed by atoms with E-state index in [4.69, 9.17) is 0 Å². The maximum atomic E-state index is 13.1. The van der Waals surface area contributed by atoms with Gasteiger partial charge in [0.25, 0.3) is 0 Å². The van der Waals surface area contributed by atoms with Gasteiger partial charge in [0.1, 0.15) is 11.6 Å². The standard InChI is InChI=1S/C23H27FN4OS2/c1-16(22(29)25-15-17-9-11-18(24)12-10-17)31-23-27-26-21(14-20-8-5-13-30-20)28(23)19-6-3-2-4-7-19/h5,8-13,16,19H,2-4,6-7,14-15H2,1H3,(H,25,29). The largest absolute Gasteiger partial charge is 0.351 e. The number of hydrogen-bond donors (Lipinski definition) is 1. The summed E-state index contributed by atoms with van der Waals surface area (Å²) in [6, 6.07) is 10.8. The lowest BCUT2D eigenvalue weighted by Crippen LogP contribution is -2.30. The fourth-order valence-electron chi connectivity index (χ4n) is 3.93. The Hall–Kier alpha value is -2.19. The zero-order valence-electron chi connectivity index (χ0n) is 17.6. The summed E-state index contributed by atoms with van der Waals surface area (Å²) in [4.78, 5) is 13.9. The van der Waals surface area contributed by atoms with Gasteiger partial charge < -0.3 is 9.88 Å². The number of hydrogen-bond acceptors (Lipinski definition) is 5. The number of thioether (sulfide) groups is 1. The Balaban J connectivity index is 1.45. The summed E-state index contributed by atoms with van der Waals surface area (Å²) < 4.78 is 15.3. The van der Waals surface area contributed by atoms with Crippen molar-refractivity contribution in [2.75, 3.05) is 0 Å². The molecule has 1 fully saturated rings. The third kappa shape index (κ3) is 5.74. The predicted molar refractivity (Wildman–Crippen MR) is 123 cm³/mol. The SMILES string of the molecule is CC(Sc1nnc(Cc2cccs2)n1C1CCCCC1)C(=O)NCc1ccc(F)cc1. The first kappa shape index (κ1) is 22.0. The van der Waals surface area contributed by atoms with Crippen molar-refractivity contribution in [1.82, 2.24) is 20.1 Å². The monoisotopic (exact) mass is 458 g/mol. The number of rotatable bonds is 8. The summed E-state index contributed by atoms with van der Waals surface area (Å²) in [7, 11) is 0. The normalized spacial score (nSPS) is 15.7. The van der Waals surface area contributed by atoms with Crippen molar-refractivity contribution in [2.45, 2.75) is 68.4 Å². The average Bonchev–Trinajstić information content (AvgIpc) is 3.44. The van der Waals surface area contributed by atoms with Gasteiger partial charge in [-0.1, -0.05) is 49.2 Å². The second-order valence-corrected chi connectivity index (χ2v) is 10.3. The highest BCUT2D eigenvalue weighted by Gasteiger charge is 2.26. The second-order valence-electron chi connectivity index (χ2n) is 7.92. The molecule has 1 aliphatic carbocycles. The summed E-state index contributed by atoms with van der Waals surface area (Å²) in [6.07, 6.45) is 6.76. The molecule has 1 N–H and O–H groups in total. The first-order valence-corrected chi connectivity index (χ1v) is 12.5. The van der Waals surface area contributed by atoms with Gasteiger partial charge in [0.05, 0.1) is 5.25 Å². The lowest BCUT2D eigenvalue weighted by atomic mass is 9.95. The summed E-state index contributed by atoms with van der Waals surface area (Å²) >= 11 is 3.19. The lowest BCUT2D eigenvalue weighted by Gasteiger charge is -2.26. The van der Waals surface area contributed by atoms with E-state index in [0.29, 0.717) is 12.6 Å². The van der Waals surface area contributed by atoms with Crippen molar-refractivity contribution in [3.05, 3.63) is 63.9 Å². The molecule has 0 bridgehead atoms. The Morgan fingerprint density at radius 2 is 2.00 bits per heavy atom. The van der Waals surface area contributed by atoms with Crippen LogP contribution < -0.4 is 5.32 Å². The van der Waals surface area contributed by atoms with Gasteiger partial charge in [0.15, 0.2) is 5.16 Å². The number of carbonyl (C=O) groups is 1. The van der Waals surface area contributed by atoms with Gasteiger partial charge in [-0.25, -0.2) is 4.39 Å². The Kier molecular flexibility index (Phi) is 7.40. The van der Waals surface area contributed by atoms with Crippen molar-refractivity contribution in [3.63, 3.8) is 0 Å². The van der Waals surface area contributed by atoms with Crippen molar-refractivity contribution >= 4 is 29.0 Å². The van der Waals surface area contributed by atoms with E-state index in [1.807, 2.05) is 6.92 Å². The number of amides is 1. The van der Waals surface area contributed by atoms with Crippen LogP contribution in [0.1, 0.15) is 61.3 Å². The van der Waals surface area contributed by atoms with Crippen molar-refractivity contribution in [2.24, 2.45) is 0 Å². The average molecular weight is 459 g/mol. The molecule has 4 rings (SSSR count). The van der Waals surface area contributed by atoms with E-state index in [1.54, 1.807) is 23.5 Å². The third-order valence-electron chi connectivity index (χ3n) is 5.62. The van der Waals surface area contributed by atoms with Gasteiger partial charge in [-0.3, -0.25) is 4.79 Å². The van der Waals surface area contributed by atoms with Crippen molar-refractivity contribution < 1.29 is 9.18 Å². The zero-order chi connectivity index (χ0) is 21.6. The van der Waals surface area contributed by atoms with E-state index in [9.17, 15) is 9.18 Å². The number of nitrogens with one attached hydrogen (secondary N) is 1. The number of halogens is 1. The number of thiophene rings is 1. The minimum atomic E-state index is -0.304. The van der Waals surface area contributed by atoms with Gasteiger partial charge >= 0.3 is 0 Å². The fourth-order valence-corrected chi connectivity index (χ4v) is 5.59. The van der Waals surface area contributed by atoms with Crippen LogP contribution in [0.2, 0.25) is 0 Å². The molecule has 5 nitrogen and oxygen atoms in total. The van der Waals surface area contributed by atoms with Gasteiger partial charge in [0.2, 0.25) is 5.91 Å².